The Bertz CT molecular complexity index is 929. The molecule has 1 amide bonds. The largest absolute Gasteiger partial charge is 0.372 e. The number of hydrogen-bond acceptors (Lipinski definition) is 3. The summed E-state index contributed by atoms with van der Waals surface area (Å²) in [5.41, 5.74) is 5.58. The Hall–Kier alpha value is -2.86. The van der Waals surface area contributed by atoms with Crippen LogP contribution in [0.25, 0.3) is 0 Å². The lowest BCUT2D eigenvalue weighted by Gasteiger charge is -2.35. The molecule has 2 unspecified atom stereocenters. The second kappa shape index (κ2) is 11.1. The normalized spacial score (nSPS) is 19.0. The lowest BCUT2D eigenvalue weighted by Crippen LogP contribution is -2.48. The van der Waals surface area contributed by atoms with Gasteiger partial charge in [-0.05, 0) is 63.4 Å². The maximum atomic E-state index is 12.8. The van der Waals surface area contributed by atoms with Gasteiger partial charge in [0, 0.05) is 31.7 Å². The molecule has 2 aromatic carbocycles. The van der Waals surface area contributed by atoms with Gasteiger partial charge in [-0.2, -0.15) is 0 Å². The third-order valence-electron chi connectivity index (χ3n) is 5.62. The number of rotatable bonds is 6. The third kappa shape index (κ3) is 6.57. The van der Waals surface area contributed by atoms with Crippen molar-refractivity contribution >= 4 is 11.9 Å². The quantitative estimate of drug-likeness (QED) is 0.534. The summed E-state index contributed by atoms with van der Waals surface area (Å²) in [6, 6.07) is 14.3. The Morgan fingerprint density at radius 2 is 1.75 bits per heavy atom. The maximum Gasteiger partial charge on any atom is 0.254 e. The molecular weight excluding hydrogens is 400 g/mol. The zero-order chi connectivity index (χ0) is 23.1. The molecule has 0 radical (unpaired) electrons. The third-order valence-corrected chi connectivity index (χ3v) is 5.62. The number of aliphatic imine (C=N–C) groups is 1. The number of aryl methyl sites for hydroxylation is 2. The van der Waals surface area contributed by atoms with Crippen LogP contribution in [0.4, 0.5) is 0 Å². The van der Waals surface area contributed by atoms with Crippen LogP contribution in [0.5, 0.6) is 0 Å². The predicted octanol–water partition coefficient (Wildman–Crippen LogP) is 3.81. The molecule has 1 aliphatic rings. The minimum absolute atomic E-state index is 0.0607. The van der Waals surface area contributed by atoms with Gasteiger partial charge >= 0.3 is 0 Å². The van der Waals surface area contributed by atoms with E-state index >= 15 is 0 Å². The lowest BCUT2D eigenvalue weighted by molar-refractivity contribution is -0.0586. The van der Waals surface area contributed by atoms with Crippen LogP contribution in [0.3, 0.4) is 0 Å². The van der Waals surface area contributed by atoms with Crippen LogP contribution in [-0.2, 0) is 17.8 Å². The van der Waals surface area contributed by atoms with E-state index in [-0.39, 0.29) is 18.1 Å². The highest BCUT2D eigenvalue weighted by atomic mass is 16.5. The number of ether oxygens (including phenoxy) is 1. The van der Waals surface area contributed by atoms with E-state index in [1.54, 1.807) is 0 Å². The van der Waals surface area contributed by atoms with Crippen molar-refractivity contribution in [2.24, 2.45) is 4.99 Å². The van der Waals surface area contributed by atoms with Gasteiger partial charge in [-0.3, -0.25) is 4.79 Å². The highest BCUT2D eigenvalue weighted by Crippen LogP contribution is 2.15. The van der Waals surface area contributed by atoms with Gasteiger partial charge in [-0.1, -0.05) is 35.9 Å². The summed E-state index contributed by atoms with van der Waals surface area (Å²) >= 11 is 0. The molecule has 0 aliphatic carbocycles. The number of hydrogen-bond donors (Lipinski definition) is 2. The molecule has 2 aromatic rings. The summed E-state index contributed by atoms with van der Waals surface area (Å²) in [6.07, 6.45) is 0.133. The summed E-state index contributed by atoms with van der Waals surface area (Å²) in [5.74, 6) is 0.842. The van der Waals surface area contributed by atoms with E-state index in [2.05, 4.69) is 49.6 Å². The topological polar surface area (TPSA) is 66.0 Å². The van der Waals surface area contributed by atoms with Gasteiger partial charge in [-0.15, -0.1) is 0 Å². The van der Waals surface area contributed by atoms with Crippen molar-refractivity contribution in [2.75, 3.05) is 19.6 Å². The highest BCUT2D eigenvalue weighted by Gasteiger charge is 2.26. The first-order chi connectivity index (χ1) is 15.4. The van der Waals surface area contributed by atoms with Gasteiger partial charge in [0.25, 0.3) is 5.91 Å². The molecule has 32 heavy (non-hydrogen) atoms. The summed E-state index contributed by atoms with van der Waals surface area (Å²) in [4.78, 5) is 19.4. The van der Waals surface area contributed by atoms with Gasteiger partial charge in [0.2, 0.25) is 0 Å². The summed E-state index contributed by atoms with van der Waals surface area (Å²) in [6.45, 7) is 13.6. The van der Waals surface area contributed by atoms with Crippen molar-refractivity contribution in [3.63, 3.8) is 0 Å². The van der Waals surface area contributed by atoms with Crippen molar-refractivity contribution in [3.8, 4) is 0 Å². The molecule has 2 N–H and O–H groups in total. The van der Waals surface area contributed by atoms with Crippen LogP contribution < -0.4 is 10.6 Å². The zero-order valence-electron chi connectivity index (χ0n) is 19.9. The van der Waals surface area contributed by atoms with Gasteiger partial charge < -0.3 is 20.3 Å². The van der Waals surface area contributed by atoms with Crippen molar-refractivity contribution in [1.82, 2.24) is 15.5 Å². The van der Waals surface area contributed by atoms with Gasteiger partial charge in [0.05, 0.1) is 18.8 Å². The fourth-order valence-corrected chi connectivity index (χ4v) is 4.01. The van der Waals surface area contributed by atoms with E-state index in [4.69, 9.17) is 9.73 Å². The molecule has 6 nitrogen and oxygen atoms in total. The average Bonchev–Trinajstić information content (AvgIpc) is 2.76. The molecule has 1 saturated heterocycles. The fraction of sp³-hybridized carbons (Fsp3) is 0.462. The average molecular weight is 437 g/mol. The number of carbonyl (C=O) groups excluding carboxylic acids is 1. The lowest BCUT2D eigenvalue weighted by atomic mass is 10.1. The second-order valence-corrected chi connectivity index (χ2v) is 8.64. The minimum atomic E-state index is 0.0607. The van der Waals surface area contributed by atoms with E-state index < -0.39 is 0 Å². The van der Waals surface area contributed by atoms with Crippen LogP contribution in [0.15, 0.2) is 47.5 Å². The first-order valence-electron chi connectivity index (χ1n) is 11.5. The number of carbonyl (C=O) groups is 1. The molecule has 3 rings (SSSR count). The molecule has 1 aliphatic heterocycles. The van der Waals surface area contributed by atoms with Crippen LogP contribution in [-0.4, -0.2) is 48.6 Å². The number of amides is 1. The molecule has 6 heteroatoms. The van der Waals surface area contributed by atoms with Crippen molar-refractivity contribution in [1.29, 1.82) is 0 Å². The van der Waals surface area contributed by atoms with E-state index in [1.165, 1.54) is 16.7 Å². The zero-order valence-corrected chi connectivity index (χ0v) is 19.9. The molecule has 172 valence electrons. The van der Waals surface area contributed by atoms with E-state index in [1.807, 2.05) is 43.0 Å². The Labute approximate surface area is 192 Å². The first-order valence-corrected chi connectivity index (χ1v) is 11.5. The molecular formula is C26H36N4O2. The molecule has 0 aromatic heterocycles. The molecule has 1 heterocycles. The second-order valence-electron chi connectivity index (χ2n) is 8.64. The Morgan fingerprint density at radius 3 is 2.38 bits per heavy atom. The molecule has 0 saturated carbocycles. The van der Waals surface area contributed by atoms with Gasteiger partial charge in [0.1, 0.15) is 0 Å². The van der Waals surface area contributed by atoms with E-state index in [0.29, 0.717) is 25.2 Å². The number of guanidine groups is 1. The van der Waals surface area contributed by atoms with Gasteiger partial charge in [0.15, 0.2) is 5.96 Å². The Kier molecular flexibility index (Phi) is 8.28. The summed E-state index contributed by atoms with van der Waals surface area (Å²) < 4.78 is 5.73. The van der Waals surface area contributed by atoms with Crippen LogP contribution >= 0.6 is 0 Å². The van der Waals surface area contributed by atoms with E-state index in [0.717, 1.165) is 24.6 Å². The molecule has 2 atom stereocenters. The molecule has 0 spiro atoms. The summed E-state index contributed by atoms with van der Waals surface area (Å²) in [7, 11) is 0. The Morgan fingerprint density at radius 1 is 1.06 bits per heavy atom. The van der Waals surface area contributed by atoms with Gasteiger partial charge in [-0.25, -0.2) is 4.99 Å². The number of nitrogens with one attached hydrogen (secondary N) is 2. The predicted molar refractivity (Wildman–Crippen MR) is 130 cm³/mol. The minimum Gasteiger partial charge on any atom is -0.372 e. The maximum absolute atomic E-state index is 12.8. The molecule has 0 bridgehead atoms. The summed E-state index contributed by atoms with van der Waals surface area (Å²) in [5, 5.41) is 6.72. The standard InChI is InChI=1S/C26H36N4O2/c1-6-27-26(29-15-24-10-7-18(2)13-19(24)3)28-14-22-8-11-23(12-9-22)25(31)30-16-20(4)32-21(5)17-30/h7-13,20-21H,6,14-17H2,1-5H3,(H2,27,28,29). The fourth-order valence-electron chi connectivity index (χ4n) is 4.01. The highest BCUT2D eigenvalue weighted by molar-refractivity contribution is 5.94. The smallest absolute Gasteiger partial charge is 0.254 e. The molecule has 1 fully saturated rings. The van der Waals surface area contributed by atoms with Crippen LogP contribution in [0, 0.1) is 13.8 Å². The van der Waals surface area contributed by atoms with Crippen molar-refractivity contribution < 1.29 is 9.53 Å². The van der Waals surface area contributed by atoms with Crippen molar-refractivity contribution in [3.05, 3.63) is 70.3 Å². The van der Waals surface area contributed by atoms with Crippen molar-refractivity contribution in [2.45, 2.75) is 59.9 Å². The SMILES string of the molecule is CCNC(=NCc1ccc(C(=O)N2CC(C)OC(C)C2)cc1)NCc1ccc(C)cc1C. The monoisotopic (exact) mass is 436 g/mol. The first kappa shape index (κ1) is 23.8. The Balaban J connectivity index is 1.60. The number of morpholine rings is 1. The van der Waals surface area contributed by atoms with Crippen LogP contribution in [0.2, 0.25) is 0 Å². The number of nitrogens with zero attached hydrogens (tertiary/aromatic N) is 2. The van der Waals surface area contributed by atoms with E-state index in [9.17, 15) is 4.79 Å². The number of benzene rings is 2. The van der Waals surface area contributed by atoms with Crippen LogP contribution in [0.1, 0.15) is 53.4 Å².